The fraction of sp³-hybridized carbons (Fsp3) is 0.538. The molecule has 3 nitrogen and oxygen atoms in total. The average Bonchev–Trinajstić information content (AvgIpc) is 2.82. The topological polar surface area (TPSA) is 27.7 Å². The van der Waals surface area contributed by atoms with Gasteiger partial charge in [0.1, 0.15) is 5.75 Å². The van der Waals surface area contributed by atoms with Crippen molar-refractivity contribution >= 4 is 11.8 Å². The van der Waals surface area contributed by atoms with Crippen LogP contribution in [0.15, 0.2) is 23.1 Å². The molecule has 0 saturated carbocycles. The van der Waals surface area contributed by atoms with Crippen LogP contribution >= 0.6 is 11.8 Å². The van der Waals surface area contributed by atoms with E-state index in [1.807, 2.05) is 19.9 Å². The molecule has 17 heavy (non-hydrogen) atoms. The number of rotatable bonds is 4. The molecule has 1 aromatic rings. The standard InChI is InChI=1S/C13H18O3S/c1-9(2)16-12-5-4-10(17-3)8-11(12)13-14-6-7-15-13/h4-5,8-9,13H,6-7H2,1-3H3. The summed E-state index contributed by atoms with van der Waals surface area (Å²) in [7, 11) is 0. The van der Waals surface area contributed by atoms with Crippen LogP contribution < -0.4 is 4.74 Å². The Hall–Kier alpha value is -0.710. The Balaban J connectivity index is 2.29. The minimum Gasteiger partial charge on any atom is -0.491 e. The summed E-state index contributed by atoms with van der Waals surface area (Å²) in [6, 6.07) is 6.13. The van der Waals surface area contributed by atoms with Crippen molar-refractivity contribution < 1.29 is 14.2 Å². The highest BCUT2D eigenvalue weighted by Gasteiger charge is 2.23. The van der Waals surface area contributed by atoms with Gasteiger partial charge in [0.05, 0.1) is 24.9 Å². The number of thioether (sulfide) groups is 1. The van der Waals surface area contributed by atoms with Crippen LogP contribution in [-0.4, -0.2) is 25.6 Å². The van der Waals surface area contributed by atoms with E-state index in [4.69, 9.17) is 14.2 Å². The summed E-state index contributed by atoms with van der Waals surface area (Å²) in [6.07, 6.45) is 1.92. The predicted octanol–water partition coefficient (Wildman–Crippen LogP) is 3.24. The van der Waals surface area contributed by atoms with Crippen molar-refractivity contribution in [1.29, 1.82) is 0 Å². The van der Waals surface area contributed by atoms with Crippen molar-refractivity contribution in [3.8, 4) is 5.75 Å². The molecule has 1 saturated heterocycles. The van der Waals surface area contributed by atoms with Gasteiger partial charge < -0.3 is 14.2 Å². The van der Waals surface area contributed by atoms with E-state index in [2.05, 4.69) is 18.4 Å². The molecule has 1 aliphatic rings. The summed E-state index contributed by atoms with van der Waals surface area (Å²) in [5.41, 5.74) is 0.989. The highest BCUT2D eigenvalue weighted by atomic mass is 32.2. The Morgan fingerprint density at radius 1 is 1.29 bits per heavy atom. The van der Waals surface area contributed by atoms with Gasteiger partial charge in [0.15, 0.2) is 6.29 Å². The largest absolute Gasteiger partial charge is 0.491 e. The number of ether oxygens (including phenoxy) is 3. The second kappa shape index (κ2) is 5.76. The molecule has 1 fully saturated rings. The second-order valence-corrected chi connectivity index (χ2v) is 5.02. The number of hydrogen-bond donors (Lipinski definition) is 0. The maximum atomic E-state index is 5.79. The molecule has 1 heterocycles. The molecule has 1 aliphatic heterocycles. The highest BCUT2D eigenvalue weighted by molar-refractivity contribution is 7.98. The lowest BCUT2D eigenvalue weighted by molar-refractivity contribution is -0.0462. The molecule has 1 aromatic carbocycles. The maximum absolute atomic E-state index is 5.79. The molecule has 0 aliphatic carbocycles. The van der Waals surface area contributed by atoms with Crippen LogP contribution in [0.5, 0.6) is 5.75 Å². The average molecular weight is 254 g/mol. The Bertz CT molecular complexity index is 373. The van der Waals surface area contributed by atoms with Gasteiger partial charge in [-0.15, -0.1) is 11.8 Å². The van der Waals surface area contributed by atoms with Crippen molar-refractivity contribution in [2.75, 3.05) is 19.5 Å². The Morgan fingerprint density at radius 2 is 2.00 bits per heavy atom. The van der Waals surface area contributed by atoms with Crippen molar-refractivity contribution in [2.45, 2.75) is 31.1 Å². The number of benzene rings is 1. The van der Waals surface area contributed by atoms with Crippen LogP contribution in [0.4, 0.5) is 0 Å². The normalized spacial score (nSPS) is 16.7. The van der Waals surface area contributed by atoms with E-state index in [1.54, 1.807) is 11.8 Å². The van der Waals surface area contributed by atoms with Crippen molar-refractivity contribution in [1.82, 2.24) is 0 Å². The van der Waals surface area contributed by atoms with Gasteiger partial charge in [0, 0.05) is 4.90 Å². The van der Waals surface area contributed by atoms with Crippen LogP contribution in [-0.2, 0) is 9.47 Å². The molecular formula is C13H18O3S. The molecule has 4 heteroatoms. The molecule has 0 bridgehead atoms. The molecule has 0 radical (unpaired) electrons. The van der Waals surface area contributed by atoms with Crippen molar-refractivity contribution in [2.24, 2.45) is 0 Å². The van der Waals surface area contributed by atoms with Crippen molar-refractivity contribution in [3.05, 3.63) is 23.8 Å². The maximum Gasteiger partial charge on any atom is 0.187 e. The van der Waals surface area contributed by atoms with Gasteiger partial charge in [-0.2, -0.15) is 0 Å². The first-order chi connectivity index (χ1) is 8.20. The molecule has 0 atom stereocenters. The van der Waals surface area contributed by atoms with Crippen LogP contribution in [0.1, 0.15) is 25.7 Å². The first-order valence-corrected chi connectivity index (χ1v) is 7.01. The lowest BCUT2D eigenvalue weighted by atomic mass is 10.2. The van der Waals surface area contributed by atoms with Gasteiger partial charge in [-0.3, -0.25) is 0 Å². The van der Waals surface area contributed by atoms with E-state index in [0.717, 1.165) is 11.3 Å². The summed E-state index contributed by atoms with van der Waals surface area (Å²) in [6.45, 7) is 5.33. The molecule has 2 rings (SSSR count). The van der Waals surface area contributed by atoms with E-state index in [1.165, 1.54) is 4.90 Å². The van der Waals surface area contributed by atoms with Gasteiger partial charge in [0.25, 0.3) is 0 Å². The van der Waals surface area contributed by atoms with Crippen LogP contribution in [0.3, 0.4) is 0 Å². The first kappa shape index (κ1) is 12.7. The third-order valence-electron chi connectivity index (χ3n) is 2.46. The molecule has 94 valence electrons. The lowest BCUT2D eigenvalue weighted by Crippen LogP contribution is -2.10. The van der Waals surface area contributed by atoms with Gasteiger partial charge in [-0.1, -0.05) is 0 Å². The zero-order chi connectivity index (χ0) is 12.3. The van der Waals surface area contributed by atoms with E-state index < -0.39 is 0 Å². The molecule has 0 amide bonds. The summed E-state index contributed by atoms with van der Waals surface area (Å²) < 4.78 is 16.9. The fourth-order valence-corrected chi connectivity index (χ4v) is 2.19. The third-order valence-corrected chi connectivity index (χ3v) is 3.18. The monoisotopic (exact) mass is 254 g/mol. The minimum absolute atomic E-state index is 0.148. The van der Waals surface area contributed by atoms with Crippen LogP contribution in [0.25, 0.3) is 0 Å². The third kappa shape index (κ3) is 3.15. The lowest BCUT2D eigenvalue weighted by Gasteiger charge is -2.18. The molecule has 0 spiro atoms. The number of hydrogen-bond acceptors (Lipinski definition) is 4. The molecular weight excluding hydrogens is 236 g/mol. The fourth-order valence-electron chi connectivity index (χ4n) is 1.74. The quantitative estimate of drug-likeness (QED) is 0.771. The minimum atomic E-state index is -0.282. The summed E-state index contributed by atoms with van der Waals surface area (Å²) >= 11 is 1.70. The van der Waals surface area contributed by atoms with Crippen LogP contribution in [0.2, 0.25) is 0 Å². The zero-order valence-electron chi connectivity index (χ0n) is 10.4. The smallest absolute Gasteiger partial charge is 0.187 e. The highest BCUT2D eigenvalue weighted by Crippen LogP contribution is 2.34. The van der Waals surface area contributed by atoms with Gasteiger partial charge in [-0.25, -0.2) is 0 Å². The van der Waals surface area contributed by atoms with E-state index in [9.17, 15) is 0 Å². The Morgan fingerprint density at radius 3 is 2.59 bits per heavy atom. The van der Waals surface area contributed by atoms with Crippen LogP contribution in [0, 0.1) is 0 Å². The molecule has 0 N–H and O–H groups in total. The van der Waals surface area contributed by atoms with Crippen molar-refractivity contribution in [3.63, 3.8) is 0 Å². The molecule has 0 unspecified atom stereocenters. The van der Waals surface area contributed by atoms with Gasteiger partial charge in [-0.05, 0) is 38.3 Å². The zero-order valence-corrected chi connectivity index (χ0v) is 11.3. The summed E-state index contributed by atoms with van der Waals surface area (Å²) in [5, 5.41) is 0. The SMILES string of the molecule is CSc1ccc(OC(C)C)c(C2OCCO2)c1. The Kier molecular flexibility index (Phi) is 4.31. The van der Waals surface area contributed by atoms with E-state index in [-0.39, 0.29) is 12.4 Å². The van der Waals surface area contributed by atoms with Gasteiger partial charge in [0.2, 0.25) is 0 Å². The van der Waals surface area contributed by atoms with E-state index >= 15 is 0 Å². The summed E-state index contributed by atoms with van der Waals surface area (Å²) in [5.74, 6) is 0.852. The van der Waals surface area contributed by atoms with E-state index in [0.29, 0.717) is 13.2 Å². The predicted molar refractivity (Wildman–Crippen MR) is 68.6 cm³/mol. The second-order valence-electron chi connectivity index (χ2n) is 4.14. The molecule has 0 aromatic heterocycles. The summed E-state index contributed by atoms with van der Waals surface area (Å²) in [4.78, 5) is 1.19. The Labute approximate surface area is 106 Å². The first-order valence-electron chi connectivity index (χ1n) is 5.78. The van der Waals surface area contributed by atoms with Gasteiger partial charge >= 0.3 is 0 Å².